The van der Waals surface area contributed by atoms with Crippen LogP contribution in [-0.2, 0) is 10.0 Å². The molecule has 0 radical (unpaired) electrons. The van der Waals surface area contributed by atoms with Gasteiger partial charge in [0.1, 0.15) is 10.6 Å². The first kappa shape index (κ1) is 19.1. The van der Waals surface area contributed by atoms with Crippen LogP contribution in [0.3, 0.4) is 0 Å². The minimum atomic E-state index is -3.84. The summed E-state index contributed by atoms with van der Waals surface area (Å²) in [6.07, 6.45) is 0. The summed E-state index contributed by atoms with van der Waals surface area (Å²) >= 11 is 0. The normalized spacial score (nSPS) is 12.9. The Labute approximate surface area is 158 Å². The van der Waals surface area contributed by atoms with E-state index >= 15 is 0 Å². The van der Waals surface area contributed by atoms with E-state index < -0.39 is 16.1 Å². The van der Waals surface area contributed by atoms with Crippen molar-refractivity contribution in [2.24, 2.45) is 0 Å². The smallest absolute Gasteiger partial charge is 0.250 e. The van der Waals surface area contributed by atoms with Crippen LogP contribution in [0.25, 0.3) is 11.5 Å². The number of nitrogens with one attached hydrogen (secondary N) is 2. The lowest BCUT2D eigenvalue weighted by Crippen LogP contribution is -2.27. The molecule has 2 heterocycles. The van der Waals surface area contributed by atoms with Crippen molar-refractivity contribution in [3.05, 3.63) is 47.1 Å². The van der Waals surface area contributed by atoms with Crippen molar-refractivity contribution in [3.8, 4) is 17.2 Å². The number of methoxy groups -OCH3 is 1. The number of aryl methyl sites for hydroxylation is 3. The zero-order valence-electron chi connectivity index (χ0n) is 15.8. The summed E-state index contributed by atoms with van der Waals surface area (Å²) in [4.78, 5) is 3.17. The highest BCUT2D eigenvalue weighted by Gasteiger charge is 2.30. The van der Waals surface area contributed by atoms with Gasteiger partial charge in [-0.3, -0.25) is 0 Å². The molecule has 0 aliphatic heterocycles. The van der Waals surface area contributed by atoms with Crippen molar-refractivity contribution in [1.29, 1.82) is 0 Å². The first-order valence-corrected chi connectivity index (χ1v) is 9.87. The van der Waals surface area contributed by atoms with Gasteiger partial charge in [0.15, 0.2) is 0 Å². The quantitative estimate of drug-likeness (QED) is 0.669. The van der Waals surface area contributed by atoms with Gasteiger partial charge in [-0.15, -0.1) is 10.2 Å². The Morgan fingerprint density at radius 3 is 2.33 bits per heavy atom. The third kappa shape index (κ3) is 3.74. The topological polar surface area (TPSA) is 110 Å². The molecule has 0 amide bonds. The minimum absolute atomic E-state index is 0.115. The number of aromatic amines is 1. The number of rotatable bonds is 6. The Morgan fingerprint density at radius 1 is 1.11 bits per heavy atom. The van der Waals surface area contributed by atoms with Crippen molar-refractivity contribution < 1.29 is 17.6 Å². The molecule has 0 fully saturated rings. The van der Waals surface area contributed by atoms with Gasteiger partial charge in [-0.1, -0.05) is 12.1 Å². The van der Waals surface area contributed by atoms with Gasteiger partial charge >= 0.3 is 0 Å². The Balaban J connectivity index is 1.97. The van der Waals surface area contributed by atoms with Gasteiger partial charge in [0.05, 0.1) is 12.7 Å². The van der Waals surface area contributed by atoms with Crippen LogP contribution in [0, 0.1) is 20.8 Å². The Morgan fingerprint density at radius 2 is 1.78 bits per heavy atom. The predicted molar refractivity (Wildman–Crippen MR) is 100 cm³/mol. The zero-order valence-corrected chi connectivity index (χ0v) is 16.6. The summed E-state index contributed by atoms with van der Waals surface area (Å²) in [5.74, 6) is 1.25. The standard InChI is InChI=1S/C18H22N4O4S/c1-10(14-6-8-15(25-5)9-7-14)22-27(23,24)17-12(3)19-11(2)16(17)18-21-20-13(4)26-18/h6-10,19,22H,1-5H3/t10-/m0/s1. The van der Waals surface area contributed by atoms with Crippen LogP contribution in [-0.4, -0.2) is 30.7 Å². The van der Waals surface area contributed by atoms with Gasteiger partial charge in [0, 0.05) is 24.4 Å². The van der Waals surface area contributed by atoms with E-state index in [0.717, 1.165) is 5.56 Å². The highest BCUT2D eigenvalue weighted by Crippen LogP contribution is 2.33. The number of hydrogen-bond acceptors (Lipinski definition) is 6. The molecule has 8 nitrogen and oxygen atoms in total. The fraction of sp³-hybridized carbons (Fsp3) is 0.333. The second-order valence-electron chi connectivity index (χ2n) is 6.32. The third-order valence-electron chi connectivity index (χ3n) is 4.27. The average Bonchev–Trinajstić information content (AvgIpc) is 3.17. The van der Waals surface area contributed by atoms with Crippen molar-refractivity contribution >= 4 is 10.0 Å². The van der Waals surface area contributed by atoms with Crippen LogP contribution in [0.15, 0.2) is 33.6 Å². The van der Waals surface area contributed by atoms with Gasteiger partial charge < -0.3 is 14.1 Å². The van der Waals surface area contributed by atoms with Crippen LogP contribution >= 0.6 is 0 Å². The molecule has 0 spiro atoms. The van der Waals surface area contributed by atoms with Gasteiger partial charge in [-0.05, 0) is 38.5 Å². The summed E-state index contributed by atoms with van der Waals surface area (Å²) < 4.78 is 39.6. The van der Waals surface area contributed by atoms with E-state index in [0.29, 0.717) is 28.6 Å². The van der Waals surface area contributed by atoms with E-state index in [2.05, 4.69) is 19.9 Å². The van der Waals surface area contributed by atoms with Crippen molar-refractivity contribution in [2.45, 2.75) is 38.6 Å². The summed E-state index contributed by atoms with van der Waals surface area (Å²) in [6, 6.07) is 6.79. The predicted octanol–water partition coefficient (Wildman–Crippen LogP) is 3.04. The lowest BCUT2D eigenvalue weighted by molar-refractivity contribution is 0.414. The SMILES string of the molecule is COc1ccc([C@H](C)NS(=O)(=O)c2c(C)[nH]c(C)c2-c2nnc(C)o2)cc1. The maximum atomic E-state index is 13.1. The number of benzene rings is 1. The molecule has 27 heavy (non-hydrogen) atoms. The van der Waals surface area contributed by atoms with Crippen LogP contribution in [0.4, 0.5) is 0 Å². The fourth-order valence-corrected chi connectivity index (χ4v) is 4.68. The largest absolute Gasteiger partial charge is 0.497 e. The van der Waals surface area contributed by atoms with Crippen LogP contribution in [0.1, 0.15) is 35.8 Å². The molecule has 0 bridgehead atoms. The molecule has 0 saturated carbocycles. The second kappa shape index (κ2) is 7.16. The first-order chi connectivity index (χ1) is 12.7. The van der Waals surface area contributed by atoms with E-state index in [9.17, 15) is 8.42 Å². The highest BCUT2D eigenvalue weighted by atomic mass is 32.2. The van der Waals surface area contributed by atoms with E-state index in [-0.39, 0.29) is 10.8 Å². The molecule has 1 aromatic carbocycles. The molecule has 0 saturated heterocycles. The van der Waals surface area contributed by atoms with Crippen LogP contribution < -0.4 is 9.46 Å². The number of H-pyrrole nitrogens is 1. The number of sulfonamides is 1. The number of aromatic nitrogens is 3. The van der Waals surface area contributed by atoms with E-state index in [1.807, 2.05) is 12.1 Å². The minimum Gasteiger partial charge on any atom is -0.497 e. The van der Waals surface area contributed by atoms with Gasteiger partial charge in [0.2, 0.25) is 15.9 Å². The summed E-state index contributed by atoms with van der Waals surface area (Å²) in [5, 5.41) is 7.78. The molecule has 1 atom stereocenters. The Hall–Kier alpha value is -2.65. The molecule has 0 unspecified atom stereocenters. The monoisotopic (exact) mass is 390 g/mol. The van der Waals surface area contributed by atoms with Crippen LogP contribution in [0.2, 0.25) is 0 Å². The highest BCUT2D eigenvalue weighted by molar-refractivity contribution is 7.89. The molecule has 9 heteroatoms. The molecule has 3 rings (SSSR count). The molecular weight excluding hydrogens is 368 g/mol. The third-order valence-corrected chi connectivity index (χ3v) is 5.99. The summed E-state index contributed by atoms with van der Waals surface area (Å²) in [6.45, 7) is 6.91. The number of nitrogens with zero attached hydrogens (tertiary/aromatic N) is 2. The maximum absolute atomic E-state index is 13.1. The average molecular weight is 390 g/mol. The fourth-order valence-electron chi connectivity index (χ4n) is 3.00. The van der Waals surface area contributed by atoms with Crippen molar-refractivity contribution in [3.63, 3.8) is 0 Å². The lowest BCUT2D eigenvalue weighted by atomic mass is 10.1. The Kier molecular flexibility index (Phi) is 5.07. The van der Waals surface area contributed by atoms with Gasteiger partial charge in [-0.25, -0.2) is 13.1 Å². The maximum Gasteiger partial charge on any atom is 0.250 e. The molecular formula is C18H22N4O4S. The number of ether oxygens (including phenoxy) is 1. The molecule has 2 aromatic heterocycles. The van der Waals surface area contributed by atoms with Gasteiger partial charge in [-0.2, -0.15) is 0 Å². The van der Waals surface area contributed by atoms with Gasteiger partial charge in [0.25, 0.3) is 5.89 Å². The Bertz CT molecular complexity index is 1050. The molecule has 0 aliphatic rings. The summed E-state index contributed by atoms with van der Waals surface area (Å²) in [5.41, 5.74) is 2.36. The van der Waals surface area contributed by atoms with Crippen molar-refractivity contribution in [2.75, 3.05) is 7.11 Å². The summed E-state index contributed by atoms with van der Waals surface area (Å²) in [7, 11) is -2.26. The number of hydrogen-bond donors (Lipinski definition) is 2. The van der Waals surface area contributed by atoms with E-state index in [1.165, 1.54) is 0 Å². The first-order valence-electron chi connectivity index (χ1n) is 8.39. The van der Waals surface area contributed by atoms with E-state index in [4.69, 9.17) is 9.15 Å². The molecule has 0 aliphatic carbocycles. The van der Waals surface area contributed by atoms with Crippen molar-refractivity contribution in [1.82, 2.24) is 19.9 Å². The second-order valence-corrected chi connectivity index (χ2v) is 7.97. The van der Waals surface area contributed by atoms with Crippen LogP contribution in [0.5, 0.6) is 5.75 Å². The van der Waals surface area contributed by atoms with E-state index in [1.54, 1.807) is 46.9 Å². The molecule has 3 aromatic rings. The molecule has 144 valence electrons. The zero-order chi connectivity index (χ0) is 19.8. The molecule has 2 N–H and O–H groups in total. The lowest BCUT2D eigenvalue weighted by Gasteiger charge is -2.15.